The molecule has 0 amide bonds. The Hall–Kier alpha value is -2.35. The predicted molar refractivity (Wildman–Crippen MR) is 93.4 cm³/mol. The minimum absolute atomic E-state index is 0.884. The molecule has 4 rings (SSSR count). The van der Waals surface area contributed by atoms with E-state index in [0.717, 1.165) is 26.1 Å². The van der Waals surface area contributed by atoms with E-state index in [1.54, 1.807) is 0 Å². The van der Waals surface area contributed by atoms with E-state index in [4.69, 9.17) is 0 Å². The summed E-state index contributed by atoms with van der Waals surface area (Å²) in [4.78, 5) is 7.16. The Morgan fingerprint density at radius 1 is 1.00 bits per heavy atom. The third-order valence-corrected chi connectivity index (χ3v) is 4.64. The molecule has 2 heterocycles. The molecule has 2 aromatic carbocycles. The number of fused-ring (bicyclic) bond motifs is 2. The number of anilines is 1. The second-order valence-electron chi connectivity index (χ2n) is 6.05. The molecular formula is C20H20N2. The second-order valence-corrected chi connectivity index (χ2v) is 6.05. The van der Waals surface area contributed by atoms with Gasteiger partial charge in [0.2, 0.25) is 0 Å². The van der Waals surface area contributed by atoms with Crippen molar-refractivity contribution in [1.29, 1.82) is 0 Å². The lowest BCUT2D eigenvalue weighted by atomic mass is 9.97. The van der Waals surface area contributed by atoms with E-state index >= 15 is 0 Å². The largest absolute Gasteiger partial charge is 0.366 e. The summed E-state index contributed by atoms with van der Waals surface area (Å²) in [7, 11) is 0. The molecule has 110 valence electrons. The molecule has 0 aliphatic carbocycles. The highest BCUT2D eigenvalue weighted by atomic mass is 15.1. The van der Waals surface area contributed by atoms with Crippen LogP contribution in [0, 0.1) is 0 Å². The highest BCUT2D eigenvalue weighted by Gasteiger charge is 2.25. The molecule has 2 nitrogen and oxygen atoms in total. The Kier molecular flexibility index (Phi) is 3.30. The number of nitrogens with zero attached hydrogens (tertiary/aromatic N) is 2. The Morgan fingerprint density at radius 2 is 1.77 bits per heavy atom. The van der Waals surface area contributed by atoms with E-state index in [-0.39, 0.29) is 0 Å². The van der Waals surface area contributed by atoms with Crippen LogP contribution >= 0.6 is 0 Å². The van der Waals surface area contributed by atoms with Gasteiger partial charge in [-0.3, -0.25) is 4.99 Å². The number of benzene rings is 2. The fourth-order valence-electron chi connectivity index (χ4n) is 3.54. The Bertz CT molecular complexity index is 756. The van der Waals surface area contributed by atoms with Crippen LogP contribution in [0.15, 0.2) is 65.2 Å². The zero-order valence-corrected chi connectivity index (χ0v) is 12.9. The summed E-state index contributed by atoms with van der Waals surface area (Å²) in [5, 5.41) is 0. The molecule has 2 heteroatoms. The third kappa shape index (κ3) is 2.25. The van der Waals surface area contributed by atoms with Crippen LogP contribution in [-0.2, 0) is 6.54 Å². The van der Waals surface area contributed by atoms with Crippen molar-refractivity contribution in [2.24, 2.45) is 4.99 Å². The first-order valence-corrected chi connectivity index (χ1v) is 7.94. The molecule has 2 aromatic rings. The maximum atomic E-state index is 4.65. The topological polar surface area (TPSA) is 15.6 Å². The van der Waals surface area contributed by atoms with Crippen molar-refractivity contribution >= 4 is 17.0 Å². The number of allylic oxidation sites excluding steroid dienone is 1. The van der Waals surface area contributed by atoms with Crippen LogP contribution in [0.3, 0.4) is 0 Å². The van der Waals surface area contributed by atoms with Crippen LogP contribution in [0.4, 0.5) is 5.69 Å². The third-order valence-electron chi connectivity index (χ3n) is 4.64. The first kappa shape index (κ1) is 13.3. The quantitative estimate of drug-likeness (QED) is 0.803. The van der Waals surface area contributed by atoms with Crippen LogP contribution in [0.2, 0.25) is 0 Å². The molecule has 0 spiro atoms. The van der Waals surface area contributed by atoms with Crippen molar-refractivity contribution in [3.8, 4) is 0 Å². The number of hydrogen-bond acceptors (Lipinski definition) is 2. The van der Waals surface area contributed by atoms with E-state index in [9.17, 15) is 0 Å². The Labute approximate surface area is 131 Å². The first-order valence-electron chi connectivity index (χ1n) is 7.94. The van der Waals surface area contributed by atoms with Crippen LogP contribution < -0.4 is 4.90 Å². The average molecular weight is 288 g/mol. The molecule has 2 aliphatic rings. The highest BCUT2D eigenvalue weighted by molar-refractivity contribution is 6.26. The number of rotatable bonds is 2. The van der Waals surface area contributed by atoms with Gasteiger partial charge in [-0.1, -0.05) is 48.5 Å². The van der Waals surface area contributed by atoms with Gasteiger partial charge in [0.15, 0.2) is 0 Å². The van der Waals surface area contributed by atoms with Gasteiger partial charge in [0.1, 0.15) is 0 Å². The van der Waals surface area contributed by atoms with Gasteiger partial charge in [-0.15, -0.1) is 0 Å². The minimum atomic E-state index is 0.884. The van der Waals surface area contributed by atoms with Gasteiger partial charge in [0, 0.05) is 35.6 Å². The first-order chi connectivity index (χ1) is 10.8. The molecule has 0 fully saturated rings. The van der Waals surface area contributed by atoms with E-state index in [2.05, 4.69) is 71.4 Å². The van der Waals surface area contributed by atoms with Crippen LogP contribution in [-0.4, -0.2) is 18.8 Å². The summed E-state index contributed by atoms with van der Waals surface area (Å²) in [6, 6.07) is 19.5. The van der Waals surface area contributed by atoms with Gasteiger partial charge < -0.3 is 4.90 Å². The predicted octanol–water partition coefficient (Wildman–Crippen LogP) is 4.33. The van der Waals surface area contributed by atoms with Crippen molar-refractivity contribution in [2.75, 3.05) is 18.0 Å². The summed E-state index contributed by atoms with van der Waals surface area (Å²) in [6.45, 7) is 5.06. The molecule has 0 radical (unpaired) electrons. The van der Waals surface area contributed by atoms with Gasteiger partial charge in [-0.05, 0) is 30.5 Å². The van der Waals surface area contributed by atoms with Crippen molar-refractivity contribution in [2.45, 2.75) is 19.9 Å². The maximum Gasteiger partial charge on any atom is 0.0613 e. The lowest BCUT2D eigenvalue weighted by Gasteiger charge is -2.25. The van der Waals surface area contributed by atoms with Crippen molar-refractivity contribution < 1.29 is 0 Å². The SMILES string of the molecule is CC1=NCC2=C1c1ccccc1N(Cc1ccccc1)CC2. The van der Waals surface area contributed by atoms with Crippen molar-refractivity contribution in [3.63, 3.8) is 0 Å². The zero-order valence-electron chi connectivity index (χ0n) is 12.9. The Morgan fingerprint density at radius 3 is 2.64 bits per heavy atom. The van der Waals surface area contributed by atoms with E-state index in [0.29, 0.717) is 0 Å². The molecule has 22 heavy (non-hydrogen) atoms. The zero-order chi connectivity index (χ0) is 14.9. The molecule has 0 saturated heterocycles. The monoisotopic (exact) mass is 288 g/mol. The molecule has 0 unspecified atom stereocenters. The van der Waals surface area contributed by atoms with Crippen LogP contribution in [0.25, 0.3) is 5.57 Å². The lowest BCUT2D eigenvalue weighted by molar-refractivity contribution is 0.778. The standard InChI is InChI=1S/C20H20N2/c1-15-20-17(13-21-15)11-12-22(14-16-7-3-2-4-8-16)19-10-6-5-9-18(19)20/h2-10H,11-14H2,1H3. The van der Waals surface area contributed by atoms with Gasteiger partial charge >= 0.3 is 0 Å². The van der Waals surface area contributed by atoms with E-state index in [1.807, 2.05) is 0 Å². The molecule has 2 aliphatic heterocycles. The molecule has 0 N–H and O–H groups in total. The second kappa shape index (κ2) is 5.45. The van der Waals surface area contributed by atoms with E-state index in [1.165, 1.54) is 33.7 Å². The van der Waals surface area contributed by atoms with Gasteiger partial charge in [0.25, 0.3) is 0 Å². The average Bonchev–Trinajstić information content (AvgIpc) is 2.85. The number of aliphatic imine (C=N–C) groups is 1. The summed E-state index contributed by atoms with van der Waals surface area (Å²) >= 11 is 0. The summed E-state index contributed by atoms with van der Waals surface area (Å²) < 4.78 is 0. The van der Waals surface area contributed by atoms with Crippen molar-refractivity contribution in [1.82, 2.24) is 0 Å². The molecular weight excluding hydrogens is 268 g/mol. The maximum absolute atomic E-state index is 4.65. The molecule has 0 saturated carbocycles. The minimum Gasteiger partial charge on any atom is -0.366 e. The Balaban J connectivity index is 1.75. The normalized spacial score (nSPS) is 17.0. The smallest absolute Gasteiger partial charge is 0.0613 e. The number of para-hydroxylation sites is 1. The number of hydrogen-bond donors (Lipinski definition) is 0. The molecule has 0 atom stereocenters. The molecule has 0 bridgehead atoms. The summed E-state index contributed by atoms with van der Waals surface area (Å²) in [5.74, 6) is 0. The van der Waals surface area contributed by atoms with Gasteiger partial charge in [-0.2, -0.15) is 0 Å². The molecule has 0 aromatic heterocycles. The van der Waals surface area contributed by atoms with Crippen LogP contribution in [0.1, 0.15) is 24.5 Å². The lowest BCUT2D eigenvalue weighted by Crippen LogP contribution is -2.24. The fraction of sp³-hybridized carbons (Fsp3) is 0.250. The van der Waals surface area contributed by atoms with Gasteiger partial charge in [-0.25, -0.2) is 0 Å². The van der Waals surface area contributed by atoms with Crippen molar-refractivity contribution in [3.05, 3.63) is 71.3 Å². The summed E-state index contributed by atoms with van der Waals surface area (Å²) in [6.07, 6.45) is 1.11. The van der Waals surface area contributed by atoms with Crippen LogP contribution in [0.5, 0.6) is 0 Å². The highest BCUT2D eigenvalue weighted by Crippen LogP contribution is 2.37. The summed E-state index contributed by atoms with van der Waals surface area (Å²) in [5.41, 5.74) is 8.15. The fourth-order valence-corrected chi connectivity index (χ4v) is 3.54. The van der Waals surface area contributed by atoms with E-state index < -0.39 is 0 Å². The van der Waals surface area contributed by atoms with Gasteiger partial charge in [0.05, 0.1) is 6.54 Å².